The van der Waals surface area contributed by atoms with Crippen LogP contribution in [-0.4, -0.2) is 10.9 Å². The van der Waals surface area contributed by atoms with E-state index in [1.807, 2.05) is 18.2 Å². The normalized spacial score (nSPS) is 12.4. The first-order valence-electron chi connectivity index (χ1n) is 4.15. The maximum absolute atomic E-state index is 10.5. The number of hydrogen-bond acceptors (Lipinski definition) is 3. The van der Waals surface area contributed by atoms with Crippen LogP contribution in [0.5, 0.6) is 0 Å². The van der Waals surface area contributed by atoms with Crippen LogP contribution < -0.4 is 11.5 Å². The molecule has 4 nitrogen and oxygen atoms in total. The van der Waals surface area contributed by atoms with Crippen molar-refractivity contribution in [2.24, 2.45) is 11.5 Å². The second-order valence-electron chi connectivity index (χ2n) is 2.87. The Hall–Kier alpha value is -1.42. The molecule has 4 N–H and O–H groups in total. The Morgan fingerprint density at radius 3 is 2.85 bits per heavy atom. The van der Waals surface area contributed by atoms with E-state index in [2.05, 4.69) is 4.98 Å². The minimum atomic E-state index is -0.327. The van der Waals surface area contributed by atoms with Gasteiger partial charge in [0.25, 0.3) is 0 Å². The molecule has 1 atom stereocenters. The lowest BCUT2D eigenvalue weighted by atomic mass is 10.1. The summed E-state index contributed by atoms with van der Waals surface area (Å²) in [6.07, 6.45) is 2.53. The van der Waals surface area contributed by atoms with Crippen molar-refractivity contribution in [3.8, 4) is 0 Å². The summed E-state index contributed by atoms with van der Waals surface area (Å²) in [7, 11) is 0. The number of hydrogen-bond donors (Lipinski definition) is 2. The van der Waals surface area contributed by atoms with E-state index < -0.39 is 0 Å². The van der Waals surface area contributed by atoms with Crippen molar-refractivity contribution in [2.45, 2.75) is 18.9 Å². The largest absolute Gasteiger partial charge is 0.370 e. The second kappa shape index (κ2) is 4.57. The summed E-state index contributed by atoms with van der Waals surface area (Å²) < 4.78 is 0. The van der Waals surface area contributed by atoms with Gasteiger partial charge in [-0.25, -0.2) is 0 Å². The molecule has 1 aromatic heterocycles. The SMILES string of the molecule is NC(=O)CC[C@H](N)c1ccccn1. The maximum atomic E-state index is 10.5. The van der Waals surface area contributed by atoms with Crippen LogP contribution in [0.15, 0.2) is 24.4 Å². The summed E-state index contributed by atoms with van der Waals surface area (Å²) in [5.74, 6) is -0.327. The van der Waals surface area contributed by atoms with Gasteiger partial charge in [-0.05, 0) is 18.6 Å². The quantitative estimate of drug-likeness (QED) is 0.699. The highest BCUT2D eigenvalue weighted by atomic mass is 16.1. The third-order valence-corrected chi connectivity index (χ3v) is 1.77. The molecule has 0 aliphatic heterocycles. The van der Waals surface area contributed by atoms with Crippen molar-refractivity contribution in [3.63, 3.8) is 0 Å². The summed E-state index contributed by atoms with van der Waals surface area (Å²) in [5.41, 5.74) is 11.6. The first-order valence-corrected chi connectivity index (χ1v) is 4.15. The smallest absolute Gasteiger partial charge is 0.217 e. The molecule has 0 unspecified atom stereocenters. The molecular weight excluding hydrogens is 166 g/mol. The lowest BCUT2D eigenvalue weighted by Crippen LogP contribution is -2.17. The van der Waals surface area contributed by atoms with Crippen LogP contribution in [0.2, 0.25) is 0 Å². The van der Waals surface area contributed by atoms with Gasteiger partial charge in [0.1, 0.15) is 0 Å². The highest BCUT2D eigenvalue weighted by Crippen LogP contribution is 2.11. The van der Waals surface area contributed by atoms with Crippen LogP contribution in [0.4, 0.5) is 0 Å². The molecule has 4 heteroatoms. The standard InChI is InChI=1S/C9H13N3O/c10-7(4-5-9(11)13)8-3-1-2-6-12-8/h1-3,6-7H,4-5,10H2,(H2,11,13)/t7-/m0/s1. The van der Waals surface area contributed by atoms with Crippen molar-refractivity contribution in [2.75, 3.05) is 0 Å². The number of carbonyl (C=O) groups excluding carboxylic acids is 1. The highest BCUT2D eigenvalue weighted by molar-refractivity contribution is 5.73. The zero-order valence-electron chi connectivity index (χ0n) is 7.31. The summed E-state index contributed by atoms with van der Waals surface area (Å²) in [6.45, 7) is 0. The van der Waals surface area contributed by atoms with Crippen molar-refractivity contribution >= 4 is 5.91 Å². The van der Waals surface area contributed by atoms with Crippen LogP contribution >= 0.6 is 0 Å². The van der Waals surface area contributed by atoms with Crippen molar-refractivity contribution in [3.05, 3.63) is 30.1 Å². The van der Waals surface area contributed by atoms with Crippen LogP contribution in [0.1, 0.15) is 24.6 Å². The van der Waals surface area contributed by atoms with Crippen LogP contribution in [0.3, 0.4) is 0 Å². The number of rotatable bonds is 4. The molecule has 0 fully saturated rings. The van der Waals surface area contributed by atoms with E-state index >= 15 is 0 Å². The Balaban J connectivity index is 2.49. The van der Waals surface area contributed by atoms with Crippen molar-refractivity contribution in [1.82, 2.24) is 4.98 Å². The van der Waals surface area contributed by atoms with E-state index in [9.17, 15) is 4.79 Å². The Kier molecular flexibility index (Phi) is 3.40. The third-order valence-electron chi connectivity index (χ3n) is 1.77. The average molecular weight is 179 g/mol. The maximum Gasteiger partial charge on any atom is 0.217 e. The van der Waals surface area contributed by atoms with E-state index in [0.717, 1.165) is 5.69 Å². The molecule has 13 heavy (non-hydrogen) atoms. The van der Waals surface area contributed by atoms with Crippen LogP contribution in [-0.2, 0) is 4.79 Å². The van der Waals surface area contributed by atoms with Crippen LogP contribution in [0.25, 0.3) is 0 Å². The molecule has 0 bridgehead atoms. The van der Waals surface area contributed by atoms with Gasteiger partial charge in [0.15, 0.2) is 0 Å². The molecule has 0 saturated heterocycles. The molecule has 0 saturated carbocycles. The Morgan fingerprint density at radius 1 is 1.54 bits per heavy atom. The minimum Gasteiger partial charge on any atom is -0.370 e. The number of amides is 1. The monoisotopic (exact) mass is 179 g/mol. The van der Waals surface area contributed by atoms with Gasteiger partial charge in [0, 0.05) is 18.7 Å². The average Bonchev–Trinajstić information content (AvgIpc) is 2.15. The Bertz CT molecular complexity index is 273. The molecule has 0 aliphatic rings. The topological polar surface area (TPSA) is 82.0 Å². The second-order valence-corrected chi connectivity index (χ2v) is 2.87. The number of nitrogens with zero attached hydrogens (tertiary/aromatic N) is 1. The summed E-state index contributed by atoms with van der Waals surface area (Å²) in [5, 5.41) is 0. The number of pyridine rings is 1. The zero-order chi connectivity index (χ0) is 9.68. The number of nitrogens with two attached hydrogens (primary N) is 2. The van der Waals surface area contributed by atoms with Gasteiger partial charge in [-0.15, -0.1) is 0 Å². The fourth-order valence-corrected chi connectivity index (χ4v) is 1.04. The Labute approximate surface area is 77.0 Å². The third kappa shape index (κ3) is 3.21. The molecule has 1 amide bonds. The van der Waals surface area contributed by atoms with E-state index in [1.54, 1.807) is 6.20 Å². The minimum absolute atomic E-state index is 0.200. The number of aromatic nitrogens is 1. The van der Waals surface area contributed by atoms with Gasteiger partial charge < -0.3 is 11.5 Å². The fourth-order valence-electron chi connectivity index (χ4n) is 1.04. The molecule has 70 valence electrons. The summed E-state index contributed by atoms with van der Waals surface area (Å²) in [6, 6.07) is 5.33. The van der Waals surface area contributed by atoms with Gasteiger partial charge in [0.2, 0.25) is 5.91 Å². The molecule has 1 aromatic rings. The van der Waals surface area contributed by atoms with Gasteiger partial charge in [-0.1, -0.05) is 6.07 Å². The first kappa shape index (κ1) is 9.67. The van der Waals surface area contributed by atoms with Crippen molar-refractivity contribution in [1.29, 1.82) is 0 Å². The molecule has 0 aromatic carbocycles. The summed E-state index contributed by atoms with van der Waals surface area (Å²) in [4.78, 5) is 14.6. The summed E-state index contributed by atoms with van der Waals surface area (Å²) >= 11 is 0. The first-order chi connectivity index (χ1) is 6.20. The lowest BCUT2D eigenvalue weighted by molar-refractivity contribution is -0.118. The van der Waals surface area contributed by atoms with Crippen LogP contribution in [0, 0.1) is 0 Å². The zero-order valence-corrected chi connectivity index (χ0v) is 7.31. The van der Waals surface area contributed by atoms with Gasteiger partial charge in [-0.3, -0.25) is 9.78 Å². The molecule has 1 heterocycles. The molecule has 0 aliphatic carbocycles. The molecule has 0 radical (unpaired) electrons. The highest BCUT2D eigenvalue weighted by Gasteiger charge is 2.07. The van der Waals surface area contributed by atoms with Gasteiger partial charge in [0.05, 0.1) is 5.69 Å². The fraction of sp³-hybridized carbons (Fsp3) is 0.333. The lowest BCUT2D eigenvalue weighted by Gasteiger charge is -2.08. The molecule has 1 rings (SSSR count). The predicted octanol–water partition coefficient (Wildman–Crippen LogP) is 0.347. The van der Waals surface area contributed by atoms with E-state index in [-0.39, 0.29) is 11.9 Å². The van der Waals surface area contributed by atoms with Gasteiger partial charge >= 0.3 is 0 Å². The molecular formula is C9H13N3O. The Morgan fingerprint density at radius 2 is 2.31 bits per heavy atom. The molecule has 0 spiro atoms. The van der Waals surface area contributed by atoms with E-state index in [0.29, 0.717) is 12.8 Å². The van der Waals surface area contributed by atoms with Gasteiger partial charge in [-0.2, -0.15) is 0 Å². The van der Waals surface area contributed by atoms with E-state index in [1.165, 1.54) is 0 Å². The number of primary amides is 1. The van der Waals surface area contributed by atoms with E-state index in [4.69, 9.17) is 11.5 Å². The number of carbonyl (C=O) groups is 1. The predicted molar refractivity (Wildman–Crippen MR) is 49.6 cm³/mol. The van der Waals surface area contributed by atoms with Crippen molar-refractivity contribution < 1.29 is 4.79 Å².